The normalized spacial score (nSPS) is 10.9. The van der Waals surface area contributed by atoms with E-state index in [1.807, 2.05) is 0 Å². The molecule has 0 aromatic heterocycles. The first-order valence-electron chi connectivity index (χ1n) is 5.66. The molecule has 0 spiro atoms. The summed E-state index contributed by atoms with van der Waals surface area (Å²) in [6.07, 6.45) is -0.479. The first kappa shape index (κ1) is 17.1. The fourth-order valence-electron chi connectivity index (χ4n) is 0.902. The summed E-state index contributed by atoms with van der Waals surface area (Å²) in [6.45, 7) is 6.52. The molecular formula is C11H21NO5S. The molecule has 0 saturated carbocycles. The van der Waals surface area contributed by atoms with Crippen molar-refractivity contribution in [2.24, 2.45) is 0 Å². The summed E-state index contributed by atoms with van der Waals surface area (Å²) in [4.78, 5) is 21.9. The van der Waals surface area contributed by atoms with Crippen LogP contribution in [0.5, 0.6) is 0 Å². The highest BCUT2D eigenvalue weighted by Crippen LogP contribution is 2.05. The van der Waals surface area contributed by atoms with Crippen molar-refractivity contribution in [3.05, 3.63) is 0 Å². The van der Waals surface area contributed by atoms with Crippen LogP contribution in [-0.2, 0) is 19.0 Å². The number of carbonyl (C=O) groups excluding carboxylic acids is 2. The van der Waals surface area contributed by atoms with Gasteiger partial charge in [0.15, 0.2) is 0 Å². The average molecular weight is 279 g/mol. The van der Waals surface area contributed by atoms with Crippen molar-refractivity contribution >= 4 is 24.7 Å². The van der Waals surface area contributed by atoms with E-state index in [9.17, 15) is 9.59 Å². The number of rotatable bonds is 7. The average Bonchev–Trinajstić information content (AvgIpc) is 2.25. The van der Waals surface area contributed by atoms with Gasteiger partial charge in [-0.2, -0.15) is 12.6 Å². The highest BCUT2D eigenvalue weighted by atomic mass is 32.1. The van der Waals surface area contributed by atoms with Gasteiger partial charge >= 0.3 is 12.1 Å². The van der Waals surface area contributed by atoms with Crippen LogP contribution >= 0.6 is 12.6 Å². The second-order valence-electron chi connectivity index (χ2n) is 4.42. The molecule has 0 fully saturated rings. The first-order valence-corrected chi connectivity index (χ1v) is 6.29. The maximum atomic E-state index is 11.2. The van der Waals surface area contributed by atoms with E-state index in [4.69, 9.17) is 14.2 Å². The van der Waals surface area contributed by atoms with Crippen molar-refractivity contribution in [2.45, 2.75) is 26.4 Å². The van der Waals surface area contributed by atoms with E-state index in [1.54, 1.807) is 20.8 Å². The van der Waals surface area contributed by atoms with E-state index in [1.165, 1.54) is 0 Å². The zero-order valence-electron chi connectivity index (χ0n) is 11.0. The molecule has 0 heterocycles. The first-order chi connectivity index (χ1) is 8.35. The lowest BCUT2D eigenvalue weighted by atomic mass is 10.2. The second kappa shape index (κ2) is 9.04. The third-order valence-electron chi connectivity index (χ3n) is 1.53. The van der Waals surface area contributed by atoms with Crippen molar-refractivity contribution in [1.29, 1.82) is 0 Å². The Balaban J connectivity index is 3.35. The monoisotopic (exact) mass is 279 g/mol. The lowest BCUT2D eigenvalue weighted by molar-refractivity contribution is -0.141. The summed E-state index contributed by atoms with van der Waals surface area (Å²) in [6, 6.07) is 0. The lowest BCUT2D eigenvalue weighted by Gasteiger charge is -2.19. The van der Waals surface area contributed by atoms with E-state index in [0.717, 1.165) is 0 Å². The summed E-state index contributed by atoms with van der Waals surface area (Å²) in [5, 5.41) is 2.54. The van der Waals surface area contributed by atoms with Gasteiger partial charge < -0.3 is 19.5 Å². The molecule has 0 bridgehead atoms. The number of thiol groups is 1. The fraction of sp³-hybridized carbons (Fsp3) is 0.818. The molecule has 0 aliphatic heterocycles. The van der Waals surface area contributed by atoms with E-state index in [2.05, 4.69) is 17.9 Å². The zero-order valence-corrected chi connectivity index (χ0v) is 11.9. The Hall–Kier alpha value is -0.950. The van der Waals surface area contributed by atoms with Gasteiger partial charge in [0.25, 0.3) is 0 Å². The molecule has 0 aromatic carbocycles. The minimum absolute atomic E-state index is 0.0558. The molecule has 6 nitrogen and oxygen atoms in total. The predicted octanol–water partition coefficient (Wildman–Crippen LogP) is 1.00. The number of amides is 1. The van der Waals surface area contributed by atoms with E-state index >= 15 is 0 Å². The fourth-order valence-corrected chi connectivity index (χ4v) is 0.993. The van der Waals surface area contributed by atoms with Crippen LogP contribution in [0.2, 0.25) is 0 Å². The third-order valence-corrected chi connectivity index (χ3v) is 1.79. The second-order valence-corrected chi connectivity index (χ2v) is 4.74. The predicted molar refractivity (Wildman–Crippen MR) is 69.9 cm³/mol. The van der Waals surface area contributed by atoms with E-state index in [-0.39, 0.29) is 24.9 Å². The maximum Gasteiger partial charge on any atom is 0.407 e. The highest BCUT2D eigenvalue weighted by Gasteiger charge is 2.15. The van der Waals surface area contributed by atoms with Gasteiger partial charge in [-0.05, 0) is 20.8 Å². The van der Waals surface area contributed by atoms with Gasteiger partial charge in [0.2, 0.25) is 0 Å². The minimum atomic E-state index is -0.508. The van der Waals surface area contributed by atoms with E-state index < -0.39 is 11.7 Å². The molecule has 0 atom stereocenters. The number of carbonyl (C=O) groups is 2. The van der Waals surface area contributed by atoms with Crippen LogP contribution in [0.4, 0.5) is 4.79 Å². The minimum Gasteiger partial charge on any atom is -0.463 e. The number of hydrogen-bond acceptors (Lipinski definition) is 6. The van der Waals surface area contributed by atoms with Gasteiger partial charge in [0.1, 0.15) is 12.2 Å². The van der Waals surface area contributed by atoms with Crippen molar-refractivity contribution < 1.29 is 23.8 Å². The molecule has 18 heavy (non-hydrogen) atoms. The Morgan fingerprint density at radius 2 is 1.83 bits per heavy atom. The summed E-state index contributed by atoms with van der Waals surface area (Å²) in [5.41, 5.74) is -0.508. The summed E-state index contributed by atoms with van der Waals surface area (Å²) < 4.78 is 14.9. The van der Waals surface area contributed by atoms with Crippen molar-refractivity contribution in [2.75, 3.05) is 32.1 Å². The SMILES string of the molecule is CC(C)(C)OC(=O)NCCOCCOC(=O)CS. The topological polar surface area (TPSA) is 73.9 Å². The number of hydrogen-bond donors (Lipinski definition) is 2. The largest absolute Gasteiger partial charge is 0.463 e. The Labute approximate surface area is 113 Å². The van der Waals surface area contributed by atoms with Crippen molar-refractivity contribution in [1.82, 2.24) is 5.32 Å². The molecule has 0 aliphatic rings. The number of alkyl carbamates (subject to hydrolysis) is 1. The summed E-state index contributed by atoms with van der Waals surface area (Å²) >= 11 is 3.75. The van der Waals surface area contributed by atoms with Crippen LogP contribution in [0, 0.1) is 0 Å². The third kappa shape index (κ3) is 11.5. The molecule has 0 unspecified atom stereocenters. The van der Waals surface area contributed by atoms with Crippen LogP contribution in [-0.4, -0.2) is 49.8 Å². The van der Waals surface area contributed by atoms with Gasteiger partial charge in [-0.25, -0.2) is 4.79 Å². The van der Waals surface area contributed by atoms with Crippen LogP contribution in [0.25, 0.3) is 0 Å². The van der Waals surface area contributed by atoms with Crippen molar-refractivity contribution in [3.63, 3.8) is 0 Å². The molecule has 0 radical (unpaired) electrons. The molecule has 7 heteroatoms. The van der Waals surface area contributed by atoms with Crippen molar-refractivity contribution in [3.8, 4) is 0 Å². The number of nitrogens with one attached hydrogen (secondary N) is 1. The maximum absolute atomic E-state index is 11.2. The van der Waals surface area contributed by atoms with Gasteiger partial charge in [-0.15, -0.1) is 0 Å². The Morgan fingerprint density at radius 3 is 2.39 bits per heavy atom. The summed E-state index contributed by atoms with van der Waals surface area (Å²) in [7, 11) is 0. The van der Waals surface area contributed by atoms with Gasteiger partial charge in [-0.3, -0.25) is 4.79 Å². The number of esters is 1. The Morgan fingerprint density at radius 1 is 1.17 bits per heavy atom. The van der Waals surface area contributed by atoms with Gasteiger partial charge in [-0.1, -0.05) is 0 Å². The highest BCUT2D eigenvalue weighted by molar-refractivity contribution is 7.81. The Kier molecular flexibility index (Phi) is 8.57. The standard InChI is InChI=1S/C11H21NO5S/c1-11(2,3)17-10(14)12-4-5-15-6-7-16-9(13)8-18/h18H,4-8H2,1-3H3,(H,12,14). The van der Waals surface area contributed by atoms with Gasteiger partial charge in [0, 0.05) is 6.54 Å². The molecular weight excluding hydrogens is 258 g/mol. The van der Waals surface area contributed by atoms with Crippen LogP contribution in [0.1, 0.15) is 20.8 Å². The van der Waals surface area contributed by atoms with Gasteiger partial charge in [0.05, 0.1) is 19.0 Å². The molecule has 1 N–H and O–H groups in total. The zero-order chi connectivity index (χ0) is 14.0. The lowest BCUT2D eigenvalue weighted by Crippen LogP contribution is -2.34. The molecule has 0 aromatic rings. The molecule has 0 aliphatic carbocycles. The van der Waals surface area contributed by atoms with Crippen LogP contribution in [0.3, 0.4) is 0 Å². The molecule has 1 amide bonds. The Bertz CT molecular complexity index is 265. The smallest absolute Gasteiger partial charge is 0.407 e. The number of ether oxygens (including phenoxy) is 3. The van der Waals surface area contributed by atoms with E-state index in [0.29, 0.717) is 13.2 Å². The quantitative estimate of drug-likeness (QED) is 0.413. The summed E-state index contributed by atoms with van der Waals surface area (Å²) in [5.74, 6) is -0.325. The molecule has 0 rings (SSSR count). The van der Waals surface area contributed by atoms with Crippen LogP contribution < -0.4 is 5.32 Å². The van der Waals surface area contributed by atoms with Crippen LogP contribution in [0.15, 0.2) is 0 Å². The molecule has 106 valence electrons. The molecule has 0 saturated heterocycles.